The lowest BCUT2D eigenvalue weighted by Gasteiger charge is -2.12. The molecular weight excluding hydrogens is 264 g/mol. The van der Waals surface area contributed by atoms with E-state index in [1.165, 1.54) is 0 Å². The minimum atomic E-state index is 0.433. The van der Waals surface area contributed by atoms with Gasteiger partial charge in [0.25, 0.3) is 0 Å². The normalized spacial score (nSPS) is 9.71. The molecule has 2 rings (SSSR count). The fourth-order valence-corrected chi connectivity index (χ4v) is 1.71. The van der Waals surface area contributed by atoms with Crippen LogP contribution in [0.25, 0.3) is 0 Å². The van der Waals surface area contributed by atoms with E-state index in [1.807, 2.05) is 48.5 Å². The van der Waals surface area contributed by atoms with E-state index in [0.717, 1.165) is 5.75 Å². The molecule has 0 fully saturated rings. The molecule has 0 aliphatic heterocycles. The van der Waals surface area contributed by atoms with Crippen LogP contribution in [0.3, 0.4) is 0 Å². The van der Waals surface area contributed by atoms with Crippen molar-refractivity contribution in [3.05, 3.63) is 73.8 Å². The van der Waals surface area contributed by atoms with E-state index in [-0.39, 0.29) is 0 Å². The molecule has 3 nitrogen and oxygen atoms in total. The van der Waals surface area contributed by atoms with E-state index in [2.05, 4.69) is 13.2 Å². The first-order valence-electron chi connectivity index (χ1n) is 6.68. The molecule has 0 heterocycles. The maximum atomic E-state index is 5.86. The molecule has 0 aliphatic rings. The Labute approximate surface area is 125 Å². The summed E-state index contributed by atoms with van der Waals surface area (Å²) in [6.45, 7) is 8.16. The van der Waals surface area contributed by atoms with Crippen molar-refractivity contribution in [2.24, 2.45) is 0 Å². The summed E-state index contributed by atoms with van der Waals surface area (Å²) in [6, 6.07) is 15.0. The van der Waals surface area contributed by atoms with Gasteiger partial charge in [0, 0.05) is 6.07 Å². The summed E-state index contributed by atoms with van der Waals surface area (Å²) in [7, 11) is 0. The number of para-hydroxylation sites is 2. The predicted molar refractivity (Wildman–Crippen MR) is 84.3 cm³/mol. The van der Waals surface area contributed by atoms with Gasteiger partial charge in [-0.05, 0) is 24.3 Å². The monoisotopic (exact) mass is 282 g/mol. The summed E-state index contributed by atoms with van der Waals surface area (Å²) in [6.07, 6.45) is 3.40. The first-order chi connectivity index (χ1) is 10.3. The molecule has 0 bridgehead atoms. The molecule has 0 atom stereocenters. The Morgan fingerprint density at radius 1 is 0.762 bits per heavy atom. The van der Waals surface area contributed by atoms with Crippen LogP contribution in [0.15, 0.2) is 73.8 Å². The standard InChI is InChI=1S/C18H18O3/c1-3-12-19-15-8-7-9-16(14-15)21-18-11-6-5-10-17(18)20-13-4-2/h3-11,14H,1-2,12-13H2. The summed E-state index contributed by atoms with van der Waals surface area (Å²) in [4.78, 5) is 0. The van der Waals surface area contributed by atoms with E-state index in [9.17, 15) is 0 Å². The number of rotatable bonds is 8. The highest BCUT2D eigenvalue weighted by molar-refractivity contribution is 5.44. The van der Waals surface area contributed by atoms with Crippen LogP contribution in [0, 0.1) is 0 Å². The van der Waals surface area contributed by atoms with Gasteiger partial charge >= 0.3 is 0 Å². The minimum Gasteiger partial charge on any atom is -0.489 e. The third kappa shape index (κ3) is 4.42. The molecule has 108 valence electrons. The highest BCUT2D eigenvalue weighted by Gasteiger charge is 2.06. The second kappa shape index (κ2) is 7.80. The molecular formula is C18H18O3. The second-order valence-corrected chi connectivity index (χ2v) is 4.22. The Morgan fingerprint density at radius 2 is 1.43 bits per heavy atom. The zero-order valence-electron chi connectivity index (χ0n) is 11.8. The first-order valence-corrected chi connectivity index (χ1v) is 6.68. The largest absolute Gasteiger partial charge is 0.489 e. The van der Waals surface area contributed by atoms with Crippen LogP contribution < -0.4 is 14.2 Å². The molecule has 0 radical (unpaired) electrons. The van der Waals surface area contributed by atoms with Gasteiger partial charge in [0.15, 0.2) is 11.5 Å². The van der Waals surface area contributed by atoms with E-state index in [0.29, 0.717) is 30.5 Å². The van der Waals surface area contributed by atoms with Gasteiger partial charge in [-0.1, -0.05) is 43.5 Å². The highest BCUT2D eigenvalue weighted by Crippen LogP contribution is 2.32. The van der Waals surface area contributed by atoms with Crippen molar-refractivity contribution in [3.63, 3.8) is 0 Å². The minimum absolute atomic E-state index is 0.433. The van der Waals surface area contributed by atoms with Crippen LogP contribution in [0.2, 0.25) is 0 Å². The molecule has 2 aromatic rings. The molecule has 3 heteroatoms. The van der Waals surface area contributed by atoms with Crippen molar-refractivity contribution in [2.45, 2.75) is 0 Å². The molecule has 0 spiro atoms. The molecule has 0 unspecified atom stereocenters. The van der Waals surface area contributed by atoms with Crippen LogP contribution in [0.5, 0.6) is 23.0 Å². The third-order valence-electron chi connectivity index (χ3n) is 2.61. The van der Waals surface area contributed by atoms with Crippen molar-refractivity contribution in [2.75, 3.05) is 13.2 Å². The summed E-state index contributed by atoms with van der Waals surface area (Å²) in [5, 5.41) is 0. The van der Waals surface area contributed by atoms with Gasteiger partial charge in [-0.2, -0.15) is 0 Å². The fourth-order valence-electron chi connectivity index (χ4n) is 1.71. The predicted octanol–water partition coefficient (Wildman–Crippen LogP) is 4.61. The third-order valence-corrected chi connectivity index (χ3v) is 2.61. The van der Waals surface area contributed by atoms with Crippen molar-refractivity contribution >= 4 is 0 Å². The van der Waals surface area contributed by atoms with Crippen molar-refractivity contribution in [3.8, 4) is 23.0 Å². The Kier molecular flexibility index (Phi) is 5.47. The maximum absolute atomic E-state index is 5.86. The van der Waals surface area contributed by atoms with E-state index < -0.39 is 0 Å². The zero-order valence-corrected chi connectivity index (χ0v) is 11.8. The van der Waals surface area contributed by atoms with Crippen LogP contribution >= 0.6 is 0 Å². The van der Waals surface area contributed by atoms with Gasteiger partial charge in [-0.15, -0.1) is 0 Å². The van der Waals surface area contributed by atoms with Crippen LogP contribution in [-0.4, -0.2) is 13.2 Å². The number of benzene rings is 2. The first kappa shape index (κ1) is 14.7. The molecule has 21 heavy (non-hydrogen) atoms. The zero-order chi connectivity index (χ0) is 14.9. The molecule has 0 saturated heterocycles. The summed E-state index contributed by atoms with van der Waals surface area (Å²) < 4.78 is 16.9. The quantitative estimate of drug-likeness (QED) is 0.662. The van der Waals surface area contributed by atoms with Gasteiger partial charge < -0.3 is 14.2 Å². The van der Waals surface area contributed by atoms with Crippen molar-refractivity contribution in [1.82, 2.24) is 0 Å². The van der Waals surface area contributed by atoms with Gasteiger partial charge in [0.1, 0.15) is 24.7 Å². The number of ether oxygens (including phenoxy) is 3. The topological polar surface area (TPSA) is 27.7 Å². The van der Waals surface area contributed by atoms with Gasteiger partial charge in [-0.25, -0.2) is 0 Å². The number of hydrogen-bond donors (Lipinski definition) is 0. The van der Waals surface area contributed by atoms with E-state index >= 15 is 0 Å². The second-order valence-electron chi connectivity index (χ2n) is 4.22. The Hall–Kier alpha value is -2.68. The van der Waals surface area contributed by atoms with Crippen LogP contribution in [0.1, 0.15) is 0 Å². The Balaban J connectivity index is 2.14. The van der Waals surface area contributed by atoms with Crippen molar-refractivity contribution < 1.29 is 14.2 Å². The highest BCUT2D eigenvalue weighted by atomic mass is 16.5. The Bertz CT molecular complexity index is 605. The van der Waals surface area contributed by atoms with Gasteiger partial charge in [-0.3, -0.25) is 0 Å². The summed E-state index contributed by atoms with van der Waals surface area (Å²) in [5.41, 5.74) is 0. The molecule has 0 N–H and O–H groups in total. The van der Waals surface area contributed by atoms with Crippen LogP contribution in [-0.2, 0) is 0 Å². The summed E-state index contributed by atoms with van der Waals surface area (Å²) in [5.74, 6) is 2.75. The average Bonchev–Trinajstić information content (AvgIpc) is 2.52. The molecule has 0 aliphatic carbocycles. The lowest BCUT2D eigenvalue weighted by atomic mass is 10.3. The molecule has 0 amide bonds. The molecule has 0 saturated carbocycles. The van der Waals surface area contributed by atoms with Gasteiger partial charge in [0.05, 0.1) is 0 Å². The summed E-state index contributed by atoms with van der Waals surface area (Å²) >= 11 is 0. The van der Waals surface area contributed by atoms with Crippen LogP contribution in [0.4, 0.5) is 0 Å². The Morgan fingerprint density at radius 3 is 2.19 bits per heavy atom. The SMILES string of the molecule is C=CCOc1cccc(Oc2ccccc2OCC=C)c1. The smallest absolute Gasteiger partial charge is 0.169 e. The molecule has 0 aromatic heterocycles. The maximum Gasteiger partial charge on any atom is 0.169 e. The fraction of sp³-hybridized carbons (Fsp3) is 0.111. The van der Waals surface area contributed by atoms with E-state index in [1.54, 1.807) is 12.2 Å². The average molecular weight is 282 g/mol. The lowest BCUT2D eigenvalue weighted by Crippen LogP contribution is -1.96. The molecule has 2 aromatic carbocycles. The van der Waals surface area contributed by atoms with Crippen molar-refractivity contribution in [1.29, 1.82) is 0 Å². The van der Waals surface area contributed by atoms with Gasteiger partial charge in [0.2, 0.25) is 0 Å². The van der Waals surface area contributed by atoms with E-state index in [4.69, 9.17) is 14.2 Å². The number of hydrogen-bond acceptors (Lipinski definition) is 3. The lowest BCUT2D eigenvalue weighted by molar-refractivity contribution is 0.338.